The van der Waals surface area contributed by atoms with E-state index >= 15 is 0 Å². The molecular weight excluding hydrogens is 254 g/mol. The molecule has 0 saturated carbocycles. The van der Waals surface area contributed by atoms with Crippen LogP contribution in [-0.2, 0) is 24.1 Å². The average Bonchev–Trinajstić information content (AvgIpc) is 2.75. The van der Waals surface area contributed by atoms with Crippen molar-refractivity contribution in [2.75, 3.05) is 0 Å². The Balaban J connectivity index is 1.92. The molecule has 0 aliphatic rings. The van der Waals surface area contributed by atoms with E-state index in [-0.39, 0.29) is 6.42 Å². The summed E-state index contributed by atoms with van der Waals surface area (Å²) < 4.78 is 5.32. The maximum Gasteiger partial charge on any atom is 0.311 e. The highest BCUT2D eigenvalue weighted by Gasteiger charge is 2.07. The van der Waals surface area contributed by atoms with Crippen LogP contribution in [0, 0.1) is 0 Å². The van der Waals surface area contributed by atoms with Gasteiger partial charge in [0.25, 0.3) is 0 Å². The standard InChI is InChI=1S/C13H12ClNO3/c14-10-4-1-9(2-5-10)3-6-12-15-8-11(18-12)7-13(16)17/h1-2,4-5,8H,3,6-7H2,(H,16,17). The first kappa shape index (κ1) is 12.6. The third-order valence-electron chi connectivity index (χ3n) is 2.47. The van der Waals surface area contributed by atoms with Crippen LogP contribution in [0.15, 0.2) is 34.9 Å². The molecule has 2 rings (SSSR count). The highest BCUT2D eigenvalue weighted by atomic mass is 35.5. The van der Waals surface area contributed by atoms with Crippen LogP contribution in [0.2, 0.25) is 5.02 Å². The minimum absolute atomic E-state index is 0.131. The number of halogens is 1. The molecule has 1 aromatic carbocycles. The van der Waals surface area contributed by atoms with Crippen molar-refractivity contribution in [3.8, 4) is 0 Å². The van der Waals surface area contributed by atoms with Gasteiger partial charge in [-0.3, -0.25) is 4.79 Å². The molecule has 0 spiro atoms. The van der Waals surface area contributed by atoms with Gasteiger partial charge in [-0.25, -0.2) is 4.98 Å². The average molecular weight is 266 g/mol. The number of nitrogens with zero attached hydrogens (tertiary/aromatic N) is 1. The Kier molecular flexibility index (Phi) is 3.99. The zero-order chi connectivity index (χ0) is 13.0. The van der Waals surface area contributed by atoms with Gasteiger partial charge in [0.15, 0.2) is 5.89 Å². The number of carboxylic acids is 1. The molecule has 5 heteroatoms. The number of benzene rings is 1. The van der Waals surface area contributed by atoms with E-state index in [4.69, 9.17) is 21.1 Å². The van der Waals surface area contributed by atoms with Gasteiger partial charge in [0.05, 0.1) is 6.20 Å². The van der Waals surface area contributed by atoms with E-state index in [9.17, 15) is 4.79 Å². The van der Waals surface area contributed by atoms with Crippen molar-refractivity contribution in [3.63, 3.8) is 0 Å². The van der Waals surface area contributed by atoms with Gasteiger partial charge in [0, 0.05) is 11.4 Å². The summed E-state index contributed by atoms with van der Waals surface area (Å²) in [4.78, 5) is 14.5. The fourth-order valence-corrected chi connectivity index (χ4v) is 1.72. The smallest absolute Gasteiger partial charge is 0.311 e. The Morgan fingerprint density at radius 1 is 1.28 bits per heavy atom. The van der Waals surface area contributed by atoms with Crippen LogP contribution in [0.5, 0.6) is 0 Å². The van der Waals surface area contributed by atoms with Crippen LogP contribution in [0.25, 0.3) is 0 Å². The Morgan fingerprint density at radius 2 is 2.00 bits per heavy atom. The first-order valence-corrected chi connectivity index (χ1v) is 5.91. The lowest BCUT2D eigenvalue weighted by molar-refractivity contribution is -0.136. The highest BCUT2D eigenvalue weighted by molar-refractivity contribution is 6.30. The lowest BCUT2D eigenvalue weighted by atomic mass is 10.1. The summed E-state index contributed by atoms with van der Waals surface area (Å²) in [7, 11) is 0. The summed E-state index contributed by atoms with van der Waals surface area (Å²) in [5.41, 5.74) is 1.14. The van der Waals surface area contributed by atoms with Crippen molar-refractivity contribution in [1.82, 2.24) is 4.98 Å². The van der Waals surface area contributed by atoms with Gasteiger partial charge in [-0.1, -0.05) is 23.7 Å². The first-order valence-electron chi connectivity index (χ1n) is 5.53. The molecule has 0 fully saturated rings. The van der Waals surface area contributed by atoms with Gasteiger partial charge in [0.2, 0.25) is 0 Å². The topological polar surface area (TPSA) is 63.3 Å². The SMILES string of the molecule is O=C(O)Cc1cnc(CCc2ccc(Cl)cc2)o1. The quantitative estimate of drug-likeness (QED) is 0.903. The summed E-state index contributed by atoms with van der Waals surface area (Å²) in [6.07, 6.45) is 2.75. The predicted octanol–water partition coefficient (Wildman–Crippen LogP) is 2.74. The maximum absolute atomic E-state index is 10.5. The molecule has 0 aliphatic carbocycles. The number of hydrogen-bond donors (Lipinski definition) is 1. The Bertz CT molecular complexity index is 533. The van der Waals surface area contributed by atoms with Crippen molar-refractivity contribution in [1.29, 1.82) is 0 Å². The van der Waals surface area contributed by atoms with Crippen molar-refractivity contribution < 1.29 is 14.3 Å². The third-order valence-corrected chi connectivity index (χ3v) is 2.72. The fraction of sp³-hybridized carbons (Fsp3) is 0.231. The number of oxazole rings is 1. The molecule has 1 aromatic heterocycles. The lowest BCUT2D eigenvalue weighted by Gasteiger charge is -1.98. The highest BCUT2D eigenvalue weighted by Crippen LogP contribution is 2.12. The van der Waals surface area contributed by atoms with Crippen LogP contribution in [0.3, 0.4) is 0 Å². The molecule has 0 bridgehead atoms. The normalized spacial score (nSPS) is 10.5. The van der Waals surface area contributed by atoms with Gasteiger partial charge >= 0.3 is 5.97 Å². The van der Waals surface area contributed by atoms with Gasteiger partial charge in [-0.2, -0.15) is 0 Å². The number of rotatable bonds is 5. The predicted molar refractivity (Wildman–Crippen MR) is 66.7 cm³/mol. The Hall–Kier alpha value is -1.81. The molecular formula is C13H12ClNO3. The monoisotopic (exact) mass is 265 g/mol. The van der Waals surface area contributed by atoms with E-state index in [1.807, 2.05) is 24.3 Å². The van der Waals surface area contributed by atoms with E-state index in [1.165, 1.54) is 6.20 Å². The third kappa shape index (κ3) is 3.60. The van der Waals surface area contributed by atoms with Crippen LogP contribution in [-0.4, -0.2) is 16.1 Å². The fourth-order valence-electron chi connectivity index (χ4n) is 1.60. The summed E-state index contributed by atoms with van der Waals surface area (Å²) in [5.74, 6) is 0.0187. The molecule has 0 saturated heterocycles. The van der Waals surface area contributed by atoms with E-state index in [0.717, 1.165) is 12.0 Å². The minimum atomic E-state index is -0.921. The van der Waals surface area contributed by atoms with E-state index in [0.29, 0.717) is 23.1 Å². The Labute approximate surface area is 109 Å². The maximum atomic E-state index is 10.5. The van der Waals surface area contributed by atoms with E-state index in [2.05, 4.69) is 4.98 Å². The molecule has 0 radical (unpaired) electrons. The first-order chi connectivity index (χ1) is 8.63. The largest absolute Gasteiger partial charge is 0.481 e. The van der Waals surface area contributed by atoms with E-state index in [1.54, 1.807) is 0 Å². The lowest BCUT2D eigenvalue weighted by Crippen LogP contribution is -1.98. The molecule has 0 atom stereocenters. The molecule has 0 unspecified atom stereocenters. The summed E-state index contributed by atoms with van der Waals surface area (Å²) in [6.45, 7) is 0. The van der Waals surface area contributed by atoms with Crippen molar-refractivity contribution in [3.05, 3.63) is 52.7 Å². The molecule has 0 amide bonds. The second-order valence-electron chi connectivity index (χ2n) is 3.92. The molecule has 2 aromatic rings. The summed E-state index contributed by atoms with van der Waals surface area (Å²) in [6, 6.07) is 7.57. The molecule has 18 heavy (non-hydrogen) atoms. The van der Waals surface area contributed by atoms with E-state index < -0.39 is 5.97 Å². The zero-order valence-corrected chi connectivity index (χ0v) is 10.4. The molecule has 1 heterocycles. The van der Waals surface area contributed by atoms with Gasteiger partial charge in [-0.15, -0.1) is 0 Å². The zero-order valence-electron chi connectivity index (χ0n) is 9.60. The van der Waals surface area contributed by atoms with Crippen LogP contribution in [0.4, 0.5) is 0 Å². The van der Waals surface area contributed by atoms with Gasteiger partial charge in [-0.05, 0) is 24.1 Å². The number of hydrogen-bond acceptors (Lipinski definition) is 3. The summed E-state index contributed by atoms with van der Waals surface area (Å²) in [5, 5.41) is 9.32. The van der Waals surface area contributed by atoms with Gasteiger partial charge < -0.3 is 9.52 Å². The van der Waals surface area contributed by atoms with Crippen molar-refractivity contribution >= 4 is 17.6 Å². The molecule has 0 aliphatic heterocycles. The Morgan fingerprint density at radius 3 is 2.67 bits per heavy atom. The number of carbonyl (C=O) groups is 1. The summed E-state index contributed by atoms with van der Waals surface area (Å²) >= 11 is 5.79. The minimum Gasteiger partial charge on any atom is -0.481 e. The van der Waals surface area contributed by atoms with Crippen molar-refractivity contribution in [2.24, 2.45) is 0 Å². The number of aromatic nitrogens is 1. The van der Waals surface area contributed by atoms with Crippen LogP contribution < -0.4 is 0 Å². The van der Waals surface area contributed by atoms with Gasteiger partial charge in [0.1, 0.15) is 12.2 Å². The van der Waals surface area contributed by atoms with Crippen LogP contribution in [0.1, 0.15) is 17.2 Å². The molecule has 4 nitrogen and oxygen atoms in total. The molecule has 94 valence electrons. The second kappa shape index (κ2) is 5.69. The number of aryl methyl sites for hydroxylation is 2. The number of aliphatic carboxylic acids is 1. The number of carboxylic acid groups (broad SMARTS) is 1. The van der Waals surface area contributed by atoms with Crippen LogP contribution >= 0.6 is 11.6 Å². The molecule has 1 N–H and O–H groups in total. The van der Waals surface area contributed by atoms with Crippen molar-refractivity contribution in [2.45, 2.75) is 19.3 Å². The second-order valence-corrected chi connectivity index (χ2v) is 4.35.